The molecule has 5 heteroatoms. The van der Waals surface area contributed by atoms with Crippen LogP contribution in [0.15, 0.2) is 58.1 Å². The fraction of sp³-hybridized carbons (Fsp3) is 0.417. The van der Waals surface area contributed by atoms with Gasteiger partial charge in [-0.3, -0.25) is 10.1 Å². The number of rotatable bonds is 3. The highest BCUT2D eigenvalue weighted by Crippen LogP contribution is 2.41. The lowest BCUT2D eigenvalue weighted by Crippen LogP contribution is -2.65. The van der Waals surface area contributed by atoms with Gasteiger partial charge in [0, 0.05) is 10.0 Å². The second-order valence-electron chi connectivity index (χ2n) is 8.57. The Morgan fingerprint density at radius 3 is 2.48 bits per heavy atom. The zero-order chi connectivity index (χ0) is 20.5. The molecule has 1 spiro atoms. The zero-order valence-electron chi connectivity index (χ0n) is 17.1. The summed E-state index contributed by atoms with van der Waals surface area (Å²) in [6.45, 7) is 3.91. The number of carbonyl (C=O) groups excluding carboxylic acids is 1. The van der Waals surface area contributed by atoms with Crippen molar-refractivity contribution >= 4 is 27.5 Å². The van der Waals surface area contributed by atoms with E-state index in [4.69, 9.17) is 0 Å². The van der Waals surface area contributed by atoms with E-state index in [1.807, 2.05) is 44.2 Å². The minimum Gasteiger partial charge on any atom is -0.294 e. The molecule has 1 heterocycles. The van der Waals surface area contributed by atoms with Crippen molar-refractivity contribution in [1.29, 1.82) is 0 Å². The van der Waals surface area contributed by atoms with Crippen LogP contribution in [-0.2, 0) is 16.8 Å². The Bertz CT molecular complexity index is 931. The Morgan fingerprint density at radius 1 is 1.07 bits per heavy atom. The molecular formula is C24H28BrN3O. The molecule has 4 nitrogen and oxygen atoms in total. The average molecular weight is 454 g/mol. The number of amides is 1. The summed E-state index contributed by atoms with van der Waals surface area (Å²) in [6, 6.07) is 16.3. The van der Waals surface area contributed by atoms with Gasteiger partial charge < -0.3 is 0 Å². The molecule has 1 amide bonds. The van der Waals surface area contributed by atoms with Crippen LogP contribution in [0.5, 0.6) is 0 Å². The maximum Gasteiger partial charge on any atom is 0.264 e. The standard InChI is InChI=1S/C24H28BrN3O/c1-17(18-10-12-20(25)13-11-18)26-27-22(29)23(2)21-9-5-4-8-19(21)16-24(28-23)14-6-3-7-15-24/h4-5,8-13,28H,3,6-7,14-16H2,1-2H3,(H,27,29)/b26-17-/t23-/m1/s1. The molecule has 152 valence electrons. The van der Waals surface area contributed by atoms with Crippen LogP contribution in [0.2, 0.25) is 0 Å². The second-order valence-corrected chi connectivity index (χ2v) is 9.49. The average Bonchev–Trinajstić information content (AvgIpc) is 2.72. The van der Waals surface area contributed by atoms with Gasteiger partial charge in [-0.05, 0) is 61.9 Å². The molecule has 2 aliphatic rings. The number of fused-ring (bicyclic) bond motifs is 1. The summed E-state index contributed by atoms with van der Waals surface area (Å²) in [7, 11) is 0. The maximum absolute atomic E-state index is 13.4. The molecule has 2 N–H and O–H groups in total. The first kappa shape index (κ1) is 20.3. The molecule has 1 saturated carbocycles. The number of hydrogen-bond donors (Lipinski definition) is 2. The first-order valence-electron chi connectivity index (χ1n) is 10.4. The van der Waals surface area contributed by atoms with Crippen molar-refractivity contribution in [3.05, 3.63) is 69.7 Å². The summed E-state index contributed by atoms with van der Waals surface area (Å²) in [5.74, 6) is -0.105. The number of nitrogens with one attached hydrogen (secondary N) is 2. The third-order valence-corrected chi connectivity index (χ3v) is 6.98. The molecule has 0 saturated heterocycles. The van der Waals surface area contributed by atoms with Gasteiger partial charge in [-0.25, -0.2) is 5.43 Å². The summed E-state index contributed by atoms with van der Waals surface area (Å²) in [5.41, 5.74) is 6.16. The van der Waals surface area contributed by atoms with E-state index < -0.39 is 5.54 Å². The van der Waals surface area contributed by atoms with E-state index in [1.54, 1.807) is 0 Å². The molecule has 0 unspecified atom stereocenters. The normalized spacial score (nSPS) is 23.5. The van der Waals surface area contributed by atoms with Crippen molar-refractivity contribution in [1.82, 2.24) is 10.7 Å². The molecule has 2 aromatic rings. The Labute approximate surface area is 181 Å². The molecular weight excluding hydrogens is 426 g/mol. The lowest BCUT2D eigenvalue weighted by atomic mass is 9.69. The van der Waals surface area contributed by atoms with Crippen LogP contribution in [0.1, 0.15) is 62.6 Å². The summed E-state index contributed by atoms with van der Waals surface area (Å²) in [5, 5.41) is 8.20. The molecule has 1 fully saturated rings. The van der Waals surface area contributed by atoms with Gasteiger partial charge in [0.15, 0.2) is 0 Å². The van der Waals surface area contributed by atoms with Gasteiger partial charge in [0.05, 0.1) is 5.71 Å². The van der Waals surface area contributed by atoms with E-state index in [9.17, 15) is 4.79 Å². The van der Waals surface area contributed by atoms with Gasteiger partial charge >= 0.3 is 0 Å². The van der Waals surface area contributed by atoms with Gasteiger partial charge in [0.25, 0.3) is 5.91 Å². The van der Waals surface area contributed by atoms with Gasteiger partial charge in [0.2, 0.25) is 0 Å². The van der Waals surface area contributed by atoms with Crippen molar-refractivity contribution in [2.75, 3.05) is 0 Å². The van der Waals surface area contributed by atoms with E-state index in [0.29, 0.717) is 0 Å². The van der Waals surface area contributed by atoms with Crippen molar-refractivity contribution < 1.29 is 4.79 Å². The summed E-state index contributed by atoms with van der Waals surface area (Å²) in [4.78, 5) is 13.4. The minimum absolute atomic E-state index is 0.00313. The van der Waals surface area contributed by atoms with Gasteiger partial charge in [0.1, 0.15) is 5.54 Å². The van der Waals surface area contributed by atoms with E-state index >= 15 is 0 Å². The number of halogens is 1. The predicted molar refractivity (Wildman–Crippen MR) is 121 cm³/mol. The quantitative estimate of drug-likeness (QED) is 0.504. The van der Waals surface area contributed by atoms with Crippen LogP contribution in [0, 0.1) is 0 Å². The Morgan fingerprint density at radius 2 is 1.76 bits per heavy atom. The molecule has 0 bridgehead atoms. The Hall–Kier alpha value is -1.98. The lowest BCUT2D eigenvalue weighted by Gasteiger charge is -2.49. The molecule has 0 radical (unpaired) electrons. The van der Waals surface area contributed by atoms with Crippen LogP contribution < -0.4 is 10.7 Å². The van der Waals surface area contributed by atoms with Crippen molar-refractivity contribution in [2.24, 2.45) is 5.10 Å². The van der Waals surface area contributed by atoms with Crippen LogP contribution in [-0.4, -0.2) is 17.2 Å². The smallest absolute Gasteiger partial charge is 0.264 e. The summed E-state index contributed by atoms with van der Waals surface area (Å²) in [6.07, 6.45) is 6.94. The first-order valence-corrected chi connectivity index (χ1v) is 11.2. The number of hydrazone groups is 1. The maximum atomic E-state index is 13.4. The van der Waals surface area contributed by atoms with Crippen LogP contribution >= 0.6 is 15.9 Å². The second kappa shape index (κ2) is 8.04. The monoisotopic (exact) mass is 453 g/mol. The zero-order valence-corrected chi connectivity index (χ0v) is 18.7. The fourth-order valence-corrected chi connectivity index (χ4v) is 5.14. The van der Waals surface area contributed by atoms with E-state index in [-0.39, 0.29) is 11.4 Å². The molecule has 2 aromatic carbocycles. The molecule has 0 aromatic heterocycles. The number of carbonyl (C=O) groups is 1. The molecule has 1 aliphatic heterocycles. The van der Waals surface area contributed by atoms with Gasteiger partial charge in [-0.1, -0.05) is 71.6 Å². The molecule has 1 atom stereocenters. The van der Waals surface area contributed by atoms with Crippen LogP contribution in [0.4, 0.5) is 0 Å². The van der Waals surface area contributed by atoms with Crippen molar-refractivity contribution in [3.63, 3.8) is 0 Å². The Kier molecular flexibility index (Phi) is 5.63. The van der Waals surface area contributed by atoms with Crippen molar-refractivity contribution in [2.45, 2.75) is 63.5 Å². The highest BCUT2D eigenvalue weighted by molar-refractivity contribution is 9.10. The van der Waals surface area contributed by atoms with Gasteiger partial charge in [-0.2, -0.15) is 5.10 Å². The van der Waals surface area contributed by atoms with E-state index in [2.05, 4.69) is 50.0 Å². The Balaban J connectivity index is 1.61. The SMILES string of the molecule is C/C(=N/NC(=O)[C@]1(C)NC2(CCCCC2)Cc2ccccc21)c1ccc(Br)cc1. The number of hydrogen-bond acceptors (Lipinski definition) is 3. The predicted octanol–water partition coefficient (Wildman–Crippen LogP) is 5.05. The highest BCUT2D eigenvalue weighted by atomic mass is 79.9. The molecule has 29 heavy (non-hydrogen) atoms. The highest BCUT2D eigenvalue weighted by Gasteiger charge is 2.48. The number of nitrogens with zero attached hydrogens (tertiary/aromatic N) is 1. The summed E-state index contributed by atoms with van der Waals surface area (Å²) < 4.78 is 1.02. The topological polar surface area (TPSA) is 53.5 Å². The summed E-state index contributed by atoms with van der Waals surface area (Å²) >= 11 is 3.45. The van der Waals surface area contributed by atoms with E-state index in [1.165, 1.54) is 24.8 Å². The minimum atomic E-state index is -0.796. The van der Waals surface area contributed by atoms with Crippen LogP contribution in [0.3, 0.4) is 0 Å². The van der Waals surface area contributed by atoms with Crippen molar-refractivity contribution in [3.8, 4) is 0 Å². The first-order chi connectivity index (χ1) is 13.9. The third kappa shape index (κ3) is 4.03. The number of benzene rings is 2. The molecule has 1 aliphatic carbocycles. The lowest BCUT2D eigenvalue weighted by molar-refractivity contribution is -0.129. The third-order valence-electron chi connectivity index (χ3n) is 6.45. The fourth-order valence-electron chi connectivity index (χ4n) is 4.88. The van der Waals surface area contributed by atoms with Crippen LogP contribution in [0.25, 0.3) is 0 Å². The largest absolute Gasteiger partial charge is 0.294 e. The van der Waals surface area contributed by atoms with Gasteiger partial charge in [-0.15, -0.1) is 0 Å². The molecule has 4 rings (SSSR count). The van der Waals surface area contributed by atoms with E-state index in [0.717, 1.165) is 40.6 Å².